The first-order valence-electron chi connectivity index (χ1n) is 5.96. The van der Waals surface area contributed by atoms with E-state index in [-0.39, 0.29) is 0 Å². The van der Waals surface area contributed by atoms with Crippen molar-refractivity contribution >= 4 is 11.6 Å². The highest BCUT2D eigenvalue weighted by Gasteiger charge is 2.43. The van der Waals surface area contributed by atoms with Crippen LogP contribution in [0.25, 0.3) is 11.6 Å². The SMILES string of the molecule is COOC1(OOC)C=CC=C2C1=Cc1ccccc12. The summed E-state index contributed by atoms with van der Waals surface area (Å²) in [4.78, 5) is 20.3. The summed E-state index contributed by atoms with van der Waals surface area (Å²) in [5.74, 6) is -1.17. The van der Waals surface area contributed by atoms with Crippen LogP contribution in [0.3, 0.4) is 0 Å². The van der Waals surface area contributed by atoms with Crippen molar-refractivity contribution in [3.63, 3.8) is 0 Å². The molecule has 0 spiro atoms. The second kappa shape index (κ2) is 4.75. The molecule has 0 unspecified atom stereocenters. The van der Waals surface area contributed by atoms with Gasteiger partial charge in [-0.2, -0.15) is 9.78 Å². The minimum atomic E-state index is -1.17. The van der Waals surface area contributed by atoms with Crippen molar-refractivity contribution in [1.82, 2.24) is 0 Å². The molecule has 0 amide bonds. The Morgan fingerprint density at radius 3 is 2.47 bits per heavy atom. The molecule has 3 rings (SSSR count). The third-order valence-electron chi connectivity index (χ3n) is 3.21. The number of hydrogen-bond donors (Lipinski definition) is 0. The lowest BCUT2D eigenvalue weighted by Crippen LogP contribution is -2.36. The largest absolute Gasteiger partial charge is 0.278 e. The zero-order chi connectivity index (χ0) is 13.3. The maximum Gasteiger partial charge on any atom is 0.278 e. The van der Waals surface area contributed by atoms with Crippen LogP contribution < -0.4 is 0 Å². The molecule has 0 aliphatic heterocycles. The van der Waals surface area contributed by atoms with Gasteiger partial charge in [-0.05, 0) is 28.9 Å². The van der Waals surface area contributed by atoms with Gasteiger partial charge in [-0.15, -0.1) is 0 Å². The van der Waals surface area contributed by atoms with Gasteiger partial charge in [0.2, 0.25) is 0 Å². The maximum atomic E-state index is 5.31. The van der Waals surface area contributed by atoms with E-state index in [1.807, 2.05) is 36.4 Å². The Morgan fingerprint density at radius 1 is 1.00 bits per heavy atom. The zero-order valence-corrected chi connectivity index (χ0v) is 10.8. The summed E-state index contributed by atoms with van der Waals surface area (Å²) in [6.07, 6.45) is 7.66. The van der Waals surface area contributed by atoms with E-state index < -0.39 is 5.79 Å². The van der Waals surface area contributed by atoms with Crippen molar-refractivity contribution < 1.29 is 19.6 Å². The molecule has 0 N–H and O–H groups in total. The molecule has 1 aromatic rings. The Hall–Kier alpha value is -1.72. The first-order valence-corrected chi connectivity index (χ1v) is 5.96. The topological polar surface area (TPSA) is 36.9 Å². The number of allylic oxidation sites excluding steroid dienone is 2. The number of rotatable bonds is 4. The Balaban J connectivity index is 2.10. The maximum absolute atomic E-state index is 5.31. The first-order chi connectivity index (χ1) is 9.30. The molecular formula is C15H14O4. The zero-order valence-electron chi connectivity index (χ0n) is 10.8. The molecular weight excluding hydrogens is 244 g/mol. The molecule has 1 aromatic carbocycles. The molecule has 2 aliphatic carbocycles. The predicted molar refractivity (Wildman–Crippen MR) is 70.5 cm³/mol. The van der Waals surface area contributed by atoms with E-state index >= 15 is 0 Å². The highest BCUT2D eigenvalue weighted by Crippen LogP contribution is 2.45. The summed E-state index contributed by atoms with van der Waals surface area (Å²) in [6, 6.07) is 8.11. The van der Waals surface area contributed by atoms with Gasteiger partial charge < -0.3 is 0 Å². The average Bonchev–Trinajstić information content (AvgIpc) is 2.80. The first kappa shape index (κ1) is 12.3. The van der Waals surface area contributed by atoms with Crippen LogP contribution >= 0.6 is 0 Å². The van der Waals surface area contributed by atoms with E-state index in [1.54, 1.807) is 6.08 Å². The molecule has 19 heavy (non-hydrogen) atoms. The Bertz CT molecular complexity index is 578. The van der Waals surface area contributed by atoms with Crippen molar-refractivity contribution in [3.8, 4) is 0 Å². The fraction of sp³-hybridized carbons (Fsp3) is 0.200. The summed E-state index contributed by atoms with van der Waals surface area (Å²) in [5, 5.41) is 0. The summed E-state index contributed by atoms with van der Waals surface area (Å²) >= 11 is 0. The van der Waals surface area contributed by atoms with Crippen molar-refractivity contribution in [2.45, 2.75) is 5.79 Å². The third kappa shape index (κ3) is 1.86. The summed E-state index contributed by atoms with van der Waals surface area (Å²) in [5.41, 5.74) is 4.17. The van der Waals surface area contributed by atoms with Gasteiger partial charge >= 0.3 is 0 Å². The van der Waals surface area contributed by atoms with Crippen LogP contribution in [0.5, 0.6) is 0 Å². The summed E-state index contributed by atoms with van der Waals surface area (Å²) < 4.78 is 0. The third-order valence-corrected chi connectivity index (χ3v) is 3.21. The van der Waals surface area contributed by atoms with Crippen molar-refractivity contribution in [1.29, 1.82) is 0 Å². The number of hydrogen-bond acceptors (Lipinski definition) is 4. The van der Waals surface area contributed by atoms with Gasteiger partial charge in [0.05, 0.1) is 14.2 Å². The number of fused-ring (bicyclic) bond motifs is 3. The van der Waals surface area contributed by atoms with E-state index in [9.17, 15) is 0 Å². The van der Waals surface area contributed by atoms with E-state index in [4.69, 9.17) is 19.6 Å². The second-order valence-electron chi connectivity index (χ2n) is 4.25. The molecule has 4 heteroatoms. The molecule has 0 atom stereocenters. The van der Waals surface area contributed by atoms with Gasteiger partial charge in [0, 0.05) is 5.57 Å². The van der Waals surface area contributed by atoms with Gasteiger partial charge in [-0.1, -0.05) is 36.4 Å². The average molecular weight is 258 g/mol. The van der Waals surface area contributed by atoms with Crippen LogP contribution in [0.4, 0.5) is 0 Å². The minimum absolute atomic E-state index is 0.861. The van der Waals surface area contributed by atoms with Gasteiger partial charge in [0.25, 0.3) is 5.79 Å². The van der Waals surface area contributed by atoms with Crippen LogP contribution in [0, 0.1) is 0 Å². The predicted octanol–water partition coefficient (Wildman–Crippen LogP) is 2.89. The number of benzene rings is 1. The van der Waals surface area contributed by atoms with E-state index in [1.165, 1.54) is 14.2 Å². The molecule has 0 saturated heterocycles. The Kier molecular flexibility index (Phi) is 3.08. The monoisotopic (exact) mass is 258 g/mol. The summed E-state index contributed by atoms with van der Waals surface area (Å²) in [7, 11) is 2.88. The molecule has 2 aliphatic rings. The van der Waals surface area contributed by atoms with E-state index in [0.717, 1.165) is 22.3 Å². The Labute approximate surface area is 111 Å². The molecule has 4 nitrogen and oxygen atoms in total. The van der Waals surface area contributed by atoms with E-state index in [0.29, 0.717) is 0 Å². The van der Waals surface area contributed by atoms with Crippen LogP contribution in [0.2, 0.25) is 0 Å². The fourth-order valence-electron chi connectivity index (χ4n) is 2.48. The minimum Gasteiger partial charge on any atom is -0.236 e. The van der Waals surface area contributed by atoms with Crippen molar-refractivity contribution in [3.05, 3.63) is 59.2 Å². The van der Waals surface area contributed by atoms with Crippen LogP contribution in [0.15, 0.2) is 48.1 Å². The smallest absolute Gasteiger partial charge is 0.236 e. The lowest BCUT2D eigenvalue weighted by Gasteiger charge is -2.30. The normalized spacial score (nSPS) is 18.6. The van der Waals surface area contributed by atoms with Gasteiger partial charge in [0.15, 0.2) is 0 Å². The lowest BCUT2D eigenvalue weighted by atomic mass is 9.92. The van der Waals surface area contributed by atoms with Gasteiger partial charge in [0.1, 0.15) is 0 Å². The van der Waals surface area contributed by atoms with E-state index in [2.05, 4.69) is 6.07 Å². The highest BCUT2D eigenvalue weighted by atomic mass is 17.3. The molecule has 0 fully saturated rings. The molecule has 0 heterocycles. The van der Waals surface area contributed by atoms with Crippen LogP contribution in [-0.4, -0.2) is 20.0 Å². The van der Waals surface area contributed by atoms with Gasteiger partial charge in [-0.25, -0.2) is 9.78 Å². The molecule has 0 radical (unpaired) electrons. The van der Waals surface area contributed by atoms with Crippen LogP contribution in [0.1, 0.15) is 11.1 Å². The standard InChI is InChI=1S/C15H14O4/c1-16-18-15(19-17-2)9-5-8-13-12-7-4-3-6-11(12)10-14(13)15/h3-10H,1-2H3. The lowest BCUT2D eigenvalue weighted by molar-refractivity contribution is -0.468. The van der Waals surface area contributed by atoms with Gasteiger partial charge in [-0.3, -0.25) is 0 Å². The molecule has 0 saturated carbocycles. The van der Waals surface area contributed by atoms with Crippen molar-refractivity contribution in [2.24, 2.45) is 0 Å². The molecule has 98 valence electrons. The Morgan fingerprint density at radius 2 is 1.74 bits per heavy atom. The molecule has 0 aromatic heterocycles. The fourth-order valence-corrected chi connectivity index (χ4v) is 2.48. The summed E-state index contributed by atoms with van der Waals surface area (Å²) in [6.45, 7) is 0. The van der Waals surface area contributed by atoms with Crippen LogP contribution in [-0.2, 0) is 19.6 Å². The van der Waals surface area contributed by atoms with Crippen molar-refractivity contribution in [2.75, 3.05) is 14.2 Å². The quantitative estimate of drug-likeness (QED) is 0.473. The highest BCUT2D eigenvalue weighted by molar-refractivity contribution is 5.97. The second-order valence-corrected chi connectivity index (χ2v) is 4.25. The molecule has 0 bridgehead atoms.